The van der Waals surface area contributed by atoms with Crippen LogP contribution in [0.4, 0.5) is 5.69 Å². The average Bonchev–Trinajstić information content (AvgIpc) is 3.46. The van der Waals surface area contributed by atoms with Crippen LogP contribution in [0.15, 0.2) is 90.2 Å². The summed E-state index contributed by atoms with van der Waals surface area (Å²) in [5.74, 6) is -0.795. The topological polar surface area (TPSA) is 83.0 Å². The Morgan fingerprint density at radius 2 is 1.69 bits per heavy atom. The number of ether oxygens (including phenoxy) is 1. The first-order chi connectivity index (χ1) is 18.8. The largest absolute Gasteiger partial charge is 0.503 e. The van der Waals surface area contributed by atoms with Gasteiger partial charge in [0.1, 0.15) is 10.8 Å². The molecule has 8 heteroatoms. The standard InChI is InChI=1S/C31H29N3O4S/c1-19-29(39-30(32-19)22-8-6-5-7-9-22)27(35)25-26(21-12-14-23(15-13-21)33(2)3)34(31(37)28(25)36)18-20-10-16-24(38-4)17-11-20/h5-17,26,36H,18H2,1-4H3. The number of Topliss-reactive ketones (excluding diaryl/α,β-unsaturated/α-hetero) is 1. The number of aliphatic hydroxyl groups excluding tert-OH is 1. The molecule has 0 fully saturated rings. The molecular weight excluding hydrogens is 510 g/mol. The van der Waals surface area contributed by atoms with E-state index in [1.54, 1.807) is 18.9 Å². The van der Waals surface area contributed by atoms with Gasteiger partial charge in [-0.2, -0.15) is 0 Å². The van der Waals surface area contributed by atoms with Gasteiger partial charge in [0.15, 0.2) is 5.76 Å². The highest BCUT2D eigenvalue weighted by atomic mass is 32.1. The van der Waals surface area contributed by atoms with Crippen molar-refractivity contribution < 1.29 is 19.4 Å². The highest BCUT2D eigenvalue weighted by Gasteiger charge is 2.44. The minimum absolute atomic E-state index is 0.0671. The van der Waals surface area contributed by atoms with Crippen molar-refractivity contribution in [3.8, 4) is 16.3 Å². The molecule has 1 N–H and O–H groups in total. The van der Waals surface area contributed by atoms with E-state index in [9.17, 15) is 14.7 Å². The van der Waals surface area contributed by atoms with Gasteiger partial charge in [-0.15, -0.1) is 11.3 Å². The highest BCUT2D eigenvalue weighted by molar-refractivity contribution is 7.17. The van der Waals surface area contributed by atoms with Crippen LogP contribution in [0, 0.1) is 6.92 Å². The van der Waals surface area contributed by atoms with E-state index in [0.717, 1.165) is 22.4 Å². The number of aryl methyl sites for hydroxylation is 1. The molecule has 0 radical (unpaired) electrons. The van der Waals surface area contributed by atoms with Crippen LogP contribution in [-0.2, 0) is 11.3 Å². The van der Waals surface area contributed by atoms with Crippen LogP contribution >= 0.6 is 11.3 Å². The van der Waals surface area contributed by atoms with Gasteiger partial charge in [-0.25, -0.2) is 4.98 Å². The molecule has 5 rings (SSSR count). The molecular formula is C31H29N3O4S. The van der Waals surface area contributed by atoms with Crippen molar-refractivity contribution in [2.75, 3.05) is 26.1 Å². The maximum Gasteiger partial charge on any atom is 0.290 e. The third kappa shape index (κ3) is 5.03. The van der Waals surface area contributed by atoms with Gasteiger partial charge < -0.3 is 19.6 Å². The summed E-state index contributed by atoms with van der Waals surface area (Å²) >= 11 is 1.27. The van der Waals surface area contributed by atoms with Crippen LogP contribution < -0.4 is 9.64 Å². The molecule has 0 saturated carbocycles. The zero-order valence-electron chi connectivity index (χ0n) is 22.2. The molecule has 3 aromatic carbocycles. The summed E-state index contributed by atoms with van der Waals surface area (Å²) in [5, 5.41) is 11.8. The third-order valence-corrected chi connectivity index (χ3v) is 8.01. The Labute approximate surface area is 231 Å². The van der Waals surface area contributed by atoms with E-state index in [0.29, 0.717) is 21.3 Å². The van der Waals surface area contributed by atoms with Crippen molar-refractivity contribution in [1.29, 1.82) is 0 Å². The average molecular weight is 540 g/mol. The number of anilines is 1. The molecule has 0 aliphatic carbocycles. The molecule has 4 aromatic rings. The fourth-order valence-electron chi connectivity index (χ4n) is 4.71. The summed E-state index contributed by atoms with van der Waals surface area (Å²) < 4.78 is 5.26. The summed E-state index contributed by atoms with van der Waals surface area (Å²) in [4.78, 5) is 36.1. The number of nitrogens with zero attached hydrogens (tertiary/aromatic N) is 3. The molecule has 7 nitrogen and oxygen atoms in total. The number of carbonyl (C=O) groups is 2. The lowest BCUT2D eigenvalue weighted by molar-refractivity contribution is -0.130. The number of benzene rings is 3. The Bertz CT molecular complexity index is 1540. The number of aromatic nitrogens is 1. The maximum atomic E-state index is 14.1. The van der Waals surface area contributed by atoms with E-state index >= 15 is 0 Å². The Hall–Kier alpha value is -4.43. The molecule has 1 amide bonds. The van der Waals surface area contributed by atoms with Crippen molar-refractivity contribution in [3.05, 3.63) is 112 Å². The van der Waals surface area contributed by atoms with E-state index in [1.165, 1.54) is 11.3 Å². The zero-order valence-corrected chi connectivity index (χ0v) is 23.0. The van der Waals surface area contributed by atoms with Crippen LogP contribution in [0.2, 0.25) is 0 Å². The number of carbonyl (C=O) groups excluding carboxylic acids is 2. The van der Waals surface area contributed by atoms with Crippen LogP contribution in [0.3, 0.4) is 0 Å². The molecule has 1 unspecified atom stereocenters. The third-order valence-electron chi connectivity index (χ3n) is 6.81. The van der Waals surface area contributed by atoms with Crippen molar-refractivity contribution in [1.82, 2.24) is 9.88 Å². The first-order valence-corrected chi connectivity index (χ1v) is 13.3. The molecule has 1 atom stereocenters. The van der Waals surface area contributed by atoms with E-state index in [2.05, 4.69) is 4.98 Å². The highest BCUT2D eigenvalue weighted by Crippen LogP contribution is 2.42. The fraction of sp³-hybridized carbons (Fsp3) is 0.194. The maximum absolute atomic E-state index is 14.1. The number of thiazole rings is 1. The van der Waals surface area contributed by atoms with Crippen LogP contribution in [-0.4, -0.2) is 47.9 Å². The number of hydrogen-bond acceptors (Lipinski definition) is 7. The van der Waals surface area contributed by atoms with Gasteiger partial charge in [-0.3, -0.25) is 9.59 Å². The molecule has 1 aliphatic heterocycles. The van der Waals surface area contributed by atoms with Crippen molar-refractivity contribution >= 4 is 28.7 Å². The zero-order chi connectivity index (χ0) is 27.7. The lowest BCUT2D eigenvalue weighted by Gasteiger charge is -2.27. The first kappa shape index (κ1) is 26.2. The van der Waals surface area contributed by atoms with Crippen molar-refractivity contribution in [3.63, 3.8) is 0 Å². The quantitative estimate of drug-likeness (QED) is 0.278. The van der Waals surface area contributed by atoms with E-state index in [4.69, 9.17) is 4.74 Å². The van der Waals surface area contributed by atoms with Crippen LogP contribution in [0.5, 0.6) is 5.75 Å². The van der Waals surface area contributed by atoms with Crippen LogP contribution in [0.25, 0.3) is 10.6 Å². The predicted octanol–water partition coefficient (Wildman–Crippen LogP) is 5.97. The Morgan fingerprint density at radius 1 is 1.03 bits per heavy atom. The molecule has 0 spiro atoms. The summed E-state index contributed by atoms with van der Waals surface area (Å²) in [6, 6.07) is 23.9. The molecule has 0 saturated heterocycles. The van der Waals surface area contributed by atoms with Gasteiger partial charge >= 0.3 is 0 Å². The summed E-state index contributed by atoms with van der Waals surface area (Å²) in [5.41, 5.74) is 4.10. The lowest BCUT2D eigenvalue weighted by atomic mass is 9.94. The molecule has 198 valence electrons. The lowest BCUT2D eigenvalue weighted by Crippen LogP contribution is -2.30. The van der Waals surface area contributed by atoms with Gasteiger partial charge in [0.2, 0.25) is 5.78 Å². The summed E-state index contributed by atoms with van der Waals surface area (Å²) in [7, 11) is 5.49. The second-order valence-corrected chi connectivity index (χ2v) is 10.6. The molecule has 2 heterocycles. The number of amides is 1. The number of rotatable bonds is 8. The molecule has 1 aliphatic rings. The Morgan fingerprint density at radius 3 is 2.31 bits per heavy atom. The minimum atomic E-state index is -0.759. The number of aliphatic hydroxyl groups is 1. The fourth-order valence-corrected chi connectivity index (χ4v) is 5.74. The first-order valence-electron chi connectivity index (χ1n) is 12.5. The Balaban J connectivity index is 1.56. The normalized spacial score (nSPS) is 15.1. The van der Waals surface area contributed by atoms with E-state index in [-0.39, 0.29) is 12.1 Å². The number of ketones is 1. The molecule has 0 bridgehead atoms. The summed E-state index contributed by atoms with van der Waals surface area (Å²) in [6.45, 7) is 1.99. The number of hydrogen-bond donors (Lipinski definition) is 1. The predicted molar refractivity (Wildman–Crippen MR) is 153 cm³/mol. The van der Waals surface area contributed by atoms with E-state index in [1.807, 2.05) is 97.9 Å². The SMILES string of the molecule is COc1ccc(CN2C(=O)C(O)=C(C(=O)c3sc(-c4ccccc4)nc3C)C2c2ccc(N(C)C)cc2)cc1. The van der Waals surface area contributed by atoms with Gasteiger partial charge in [-0.05, 0) is 42.3 Å². The summed E-state index contributed by atoms with van der Waals surface area (Å²) in [6.07, 6.45) is 0. The van der Waals surface area contributed by atoms with Gasteiger partial charge in [-0.1, -0.05) is 54.6 Å². The Kier molecular flexibility index (Phi) is 7.21. The minimum Gasteiger partial charge on any atom is -0.503 e. The van der Waals surface area contributed by atoms with E-state index < -0.39 is 23.5 Å². The number of methoxy groups -OCH3 is 1. The second-order valence-electron chi connectivity index (χ2n) is 9.56. The van der Waals surface area contributed by atoms with Gasteiger partial charge in [0.25, 0.3) is 5.91 Å². The molecule has 39 heavy (non-hydrogen) atoms. The smallest absolute Gasteiger partial charge is 0.290 e. The molecule has 1 aromatic heterocycles. The van der Waals surface area contributed by atoms with Crippen molar-refractivity contribution in [2.24, 2.45) is 0 Å². The van der Waals surface area contributed by atoms with Crippen LogP contribution in [0.1, 0.15) is 32.5 Å². The van der Waals surface area contributed by atoms with Gasteiger partial charge in [0.05, 0.1) is 29.3 Å². The van der Waals surface area contributed by atoms with Crippen molar-refractivity contribution in [2.45, 2.75) is 19.5 Å². The monoisotopic (exact) mass is 539 g/mol. The second kappa shape index (κ2) is 10.7. The van der Waals surface area contributed by atoms with Gasteiger partial charge in [0, 0.05) is 31.9 Å².